The zero-order valence-corrected chi connectivity index (χ0v) is 10.4. The van der Waals surface area contributed by atoms with Gasteiger partial charge in [-0.3, -0.25) is 0 Å². The highest BCUT2D eigenvalue weighted by Gasteiger charge is 2.07. The summed E-state index contributed by atoms with van der Waals surface area (Å²) in [5, 5.41) is 12.3. The molecule has 0 saturated carbocycles. The minimum Gasteiger partial charge on any atom is -0.399 e. The lowest BCUT2D eigenvalue weighted by Crippen LogP contribution is -2.20. The van der Waals surface area contributed by atoms with Gasteiger partial charge in [-0.1, -0.05) is 6.92 Å². The molecule has 0 spiro atoms. The van der Waals surface area contributed by atoms with E-state index < -0.39 is 0 Å². The molecule has 0 saturated heterocycles. The van der Waals surface area contributed by atoms with E-state index in [1.165, 1.54) is 0 Å². The Kier molecular flexibility index (Phi) is 4.91. The third kappa shape index (κ3) is 3.72. The highest BCUT2D eigenvalue weighted by atomic mass is 79.9. The Hall–Kier alpha value is -0.740. The molecule has 0 aromatic heterocycles. The second-order valence-corrected chi connectivity index (χ2v) is 4.36. The van der Waals surface area contributed by atoms with Crippen LogP contribution in [0.15, 0.2) is 22.7 Å². The number of rotatable bonds is 5. The van der Waals surface area contributed by atoms with Gasteiger partial charge in [0.2, 0.25) is 0 Å². The normalized spacial score (nSPS) is 12.5. The van der Waals surface area contributed by atoms with Crippen LogP contribution in [0.2, 0.25) is 0 Å². The first-order chi connectivity index (χ1) is 7.17. The fraction of sp³-hybridized carbons (Fsp3) is 0.455. The van der Waals surface area contributed by atoms with Gasteiger partial charge in [-0.15, -0.1) is 0 Å². The number of anilines is 2. The largest absolute Gasteiger partial charge is 0.399 e. The van der Waals surface area contributed by atoms with Gasteiger partial charge in [0, 0.05) is 28.5 Å². The number of hydrogen-bond acceptors (Lipinski definition) is 3. The Bertz CT molecular complexity index is 317. The van der Waals surface area contributed by atoms with Crippen LogP contribution in [0.25, 0.3) is 0 Å². The van der Waals surface area contributed by atoms with Crippen molar-refractivity contribution in [1.82, 2.24) is 0 Å². The first-order valence-corrected chi connectivity index (χ1v) is 5.89. The first-order valence-electron chi connectivity index (χ1n) is 5.09. The summed E-state index contributed by atoms with van der Waals surface area (Å²) in [7, 11) is 0. The lowest BCUT2D eigenvalue weighted by molar-refractivity contribution is 0.278. The van der Waals surface area contributed by atoms with Gasteiger partial charge in [0.25, 0.3) is 0 Å². The number of halogens is 1. The van der Waals surface area contributed by atoms with E-state index >= 15 is 0 Å². The van der Waals surface area contributed by atoms with Crippen LogP contribution in [0.1, 0.15) is 19.8 Å². The van der Waals surface area contributed by atoms with E-state index in [2.05, 4.69) is 28.2 Å². The number of nitrogens with one attached hydrogen (secondary N) is 1. The van der Waals surface area contributed by atoms with E-state index in [1.54, 1.807) is 0 Å². The molecule has 4 N–H and O–H groups in total. The Balaban J connectivity index is 2.70. The quantitative estimate of drug-likeness (QED) is 0.723. The number of nitrogens with two attached hydrogens (primary N) is 1. The van der Waals surface area contributed by atoms with Crippen molar-refractivity contribution < 1.29 is 5.11 Å². The summed E-state index contributed by atoms with van der Waals surface area (Å²) in [5.74, 6) is 0. The second-order valence-electron chi connectivity index (χ2n) is 3.50. The third-order valence-electron chi connectivity index (χ3n) is 2.32. The Morgan fingerprint density at radius 3 is 2.80 bits per heavy atom. The molecular weight excluding hydrogens is 256 g/mol. The van der Waals surface area contributed by atoms with E-state index in [0.29, 0.717) is 6.04 Å². The third-order valence-corrected chi connectivity index (χ3v) is 2.98. The Morgan fingerprint density at radius 1 is 1.53 bits per heavy atom. The summed E-state index contributed by atoms with van der Waals surface area (Å²) in [6, 6.07) is 5.97. The molecule has 0 bridgehead atoms. The average molecular weight is 273 g/mol. The molecule has 15 heavy (non-hydrogen) atoms. The molecule has 0 amide bonds. The predicted octanol–water partition coefficient (Wildman–Crippen LogP) is 2.60. The van der Waals surface area contributed by atoms with Crippen LogP contribution in [0.4, 0.5) is 11.4 Å². The molecule has 0 fully saturated rings. The molecule has 1 aromatic carbocycles. The van der Waals surface area contributed by atoms with Crippen molar-refractivity contribution in [1.29, 1.82) is 0 Å². The van der Waals surface area contributed by atoms with Crippen molar-refractivity contribution in [2.45, 2.75) is 25.8 Å². The minimum absolute atomic E-state index is 0.206. The van der Waals surface area contributed by atoms with Crippen molar-refractivity contribution in [3.8, 4) is 0 Å². The van der Waals surface area contributed by atoms with Crippen molar-refractivity contribution in [3.05, 3.63) is 22.7 Å². The van der Waals surface area contributed by atoms with E-state index in [9.17, 15) is 0 Å². The molecule has 1 aromatic rings. The summed E-state index contributed by atoms with van der Waals surface area (Å²) in [6.07, 6.45) is 1.74. The highest BCUT2D eigenvalue weighted by molar-refractivity contribution is 9.10. The molecule has 4 heteroatoms. The second kappa shape index (κ2) is 5.98. The van der Waals surface area contributed by atoms with Gasteiger partial charge in [0.15, 0.2) is 0 Å². The minimum atomic E-state index is 0.206. The monoisotopic (exact) mass is 272 g/mol. The average Bonchev–Trinajstić information content (AvgIpc) is 2.21. The Labute approximate surface area is 98.8 Å². The maximum atomic E-state index is 8.89. The molecule has 1 atom stereocenters. The molecule has 3 nitrogen and oxygen atoms in total. The maximum absolute atomic E-state index is 8.89. The number of hydrogen-bond donors (Lipinski definition) is 3. The molecule has 0 aliphatic rings. The lowest BCUT2D eigenvalue weighted by atomic mass is 10.1. The topological polar surface area (TPSA) is 58.3 Å². The van der Waals surface area contributed by atoms with Crippen LogP contribution in [-0.2, 0) is 0 Å². The van der Waals surface area contributed by atoms with Crippen LogP contribution < -0.4 is 11.1 Å². The van der Waals surface area contributed by atoms with E-state index in [-0.39, 0.29) is 6.61 Å². The first kappa shape index (κ1) is 12.3. The molecule has 84 valence electrons. The Morgan fingerprint density at radius 2 is 2.27 bits per heavy atom. The summed E-state index contributed by atoms with van der Waals surface area (Å²) in [5.41, 5.74) is 7.41. The van der Waals surface area contributed by atoms with Gasteiger partial charge in [-0.2, -0.15) is 0 Å². The van der Waals surface area contributed by atoms with E-state index in [0.717, 1.165) is 28.7 Å². The van der Waals surface area contributed by atoms with Crippen molar-refractivity contribution >= 4 is 27.3 Å². The number of nitrogen functional groups attached to an aromatic ring is 1. The molecule has 0 aliphatic heterocycles. The number of aliphatic hydroxyl groups excluding tert-OH is 1. The van der Waals surface area contributed by atoms with Gasteiger partial charge in [0.05, 0.1) is 0 Å². The van der Waals surface area contributed by atoms with Crippen LogP contribution in [0.5, 0.6) is 0 Å². The lowest BCUT2D eigenvalue weighted by Gasteiger charge is -2.18. The molecule has 0 radical (unpaired) electrons. The van der Waals surface area contributed by atoms with Gasteiger partial charge < -0.3 is 16.2 Å². The fourth-order valence-electron chi connectivity index (χ4n) is 1.40. The molecular formula is C11H17BrN2O. The van der Waals surface area contributed by atoms with E-state index in [1.807, 2.05) is 18.2 Å². The van der Waals surface area contributed by atoms with Crippen molar-refractivity contribution in [3.63, 3.8) is 0 Å². The molecule has 1 rings (SSSR count). The summed E-state index contributed by atoms with van der Waals surface area (Å²) < 4.78 is 0.957. The smallest absolute Gasteiger partial charge is 0.0488 e. The standard InChI is InChI=1S/C11H17BrN2O/c1-2-9(5-6-15)14-11-4-3-8(13)7-10(11)12/h3-4,7,9,14-15H,2,5-6,13H2,1H3. The molecule has 0 heterocycles. The predicted molar refractivity (Wildman–Crippen MR) is 68.0 cm³/mol. The summed E-state index contributed by atoms with van der Waals surface area (Å²) in [4.78, 5) is 0. The summed E-state index contributed by atoms with van der Waals surface area (Å²) >= 11 is 3.45. The van der Waals surface area contributed by atoms with Crippen molar-refractivity contribution in [2.75, 3.05) is 17.7 Å². The SMILES string of the molecule is CCC(CCO)Nc1ccc(N)cc1Br. The van der Waals surface area contributed by atoms with Gasteiger partial charge in [-0.05, 0) is 47.0 Å². The van der Waals surface area contributed by atoms with Gasteiger partial charge >= 0.3 is 0 Å². The van der Waals surface area contributed by atoms with Gasteiger partial charge in [-0.25, -0.2) is 0 Å². The molecule has 0 aliphatic carbocycles. The van der Waals surface area contributed by atoms with Crippen LogP contribution in [0.3, 0.4) is 0 Å². The fourth-order valence-corrected chi connectivity index (χ4v) is 1.91. The molecule has 1 unspecified atom stereocenters. The van der Waals surface area contributed by atoms with Crippen molar-refractivity contribution in [2.24, 2.45) is 0 Å². The zero-order valence-electron chi connectivity index (χ0n) is 8.83. The number of benzene rings is 1. The highest BCUT2D eigenvalue weighted by Crippen LogP contribution is 2.25. The zero-order chi connectivity index (χ0) is 11.3. The van der Waals surface area contributed by atoms with Gasteiger partial charge in [0.1, 0.15) is 0 Å². The van der Waals surface area contributed by atoms with Crippen LogP contribution >= 0.6 is 15.9 Å². The maximum Gasteiger partial charge on any atom is 0.0488 e. The summed E-state index contributed by atoms with van der Waals surface area (Å²) in [6.45, 7) is 2.30. The van der Waals surface area contributed by atoms with Crippen LogP contribution in [0, 0.1) is 0 Å². The van der Waals surface area contributed by atoms with E-state index in [4.69, 9.17) is 10.8 Å². The number of aliphatic hydroxyl groups is 1. The van der Waals surface area contributed by atoms with Crippen LogP contribution in [-0.4, -0.2) is 17.8 Å².